The largest absolute Gasteiger partial charge is 0.472 e. The van der Waals surface area contributed by atoms with Crippen LogP contribution in [0.4, 0.5) is 5.82 Å². The van der Waals surface area contributed by atoms with Crippen molar-refractivity contribution in [1.82, 2.24) is 14.1 Å². The fourth-order valence-corrected chi connectivity index (χ4v) is 1.57. The molecule has 7 nitrogen and oxygen atoms in total. The summed E-state index contributed by atoms with van der Waals surface area (Å²) in [5.41, 5.74) is -0.884. The van der Waals surface area contributed by atoms with Gasteiger partial charge in [-0.25, -0.2) is 0 Å². The van der Waals surface area contributed by atoms with Crippen molar-refractivity contribution in [2.75, 3.05) is 44.1 Å². The van der Waals surface area contributed by atoms with E-state index < -0.39 is 62.5 Å². The molecule has 0 unspecified atom stereocenters. The molecule has 2 N–H and O–H groups in total. The zero-order valence-corrected chi connectivity index (χ0v) is 12.4. The lowest BCUT2D eigenvalue weighted by Gasteiger charge is -2.27. The molecule has 1 aromatic heterocycles. The summed E-state index contributed by atoms with van der Waals surface area (Å²) in [4.78, 5) is -0.0488. The molecular formula is C13H24N4O3S. The summed E-state index contributed by atoms with van der Waals surface area (Å²) < 4.78 is 112. The van der Waals surface area contributed by atoms with Gasteiger partial charge in [-0.1, -0.05) is 0 Å². The molecule has 8 heteroatoms. The third kappa shape index (κ3) is 5.39. The van der Waals surface area contributed by atoms with Crippen molar-refractivity contribution >= 4 is 17.5 Å². The van der Waals surface area contributed by atoms with Gasteiger partial charge in [-0.15, -0.1) is 4.37 Å². The van der Waals surface area contributed by atoms with Crippen LogP contribution in [-0.2, 0) is 4.74 Å². The first-order chi connectivity index (χ1) is 14.4. The van der Waals surface area contributed by atoms with Gasteiger partial charge in [-0.2, -0.15) is 4.37 Å². The predicted octanol–water partition coefficient (Wildman–Crippen LogP) is 0.502. The Labute approximate surface area is 146 Å². The Morgan fingerprint density at radius 1 is 1.52 bits per heavy atom. The third-order valence-corrected chi connectivity index (χ3v) is 2.42. The van der Waals surface area contributed by atoms with E-state index in [4.69, 9.17) is 21.2 Å². The summed E-state index contributed by atoms with van der Waals surface area (Å²) in [5, 5.41) is 12.7. The van der Waals surface area contributed by atoms with Crippen molar-refractivity contribution < 1.29 is 31.0 Å². The van der Waals surface area contributed by atoms with Gasteiger partial charge in [-0.05, 0) is 20.8 Å². The van der Waals surface area contributed by atoms with Crippen LogP contribution < -0.4 is 15.0 Å². The molecule has 0 spiro atoms. The minimum Gasteiger partial charge on any atom is -0.472 e. The normalized spacial score (nSPS) is 37.2. The molecule has 0 amide bonds. The number of morpholine rings is 1. The van der Waals surface area contributed by atoms with E-state index in [0.29, 0.717) is 0 Å². The van der Waals surface area contributed by atoms with E-state index in [0.717, 1.165) is 0 Å². The molecule has 1 aliphatic heterocycles. The molecule has 120 valence electrons. The fourth-order valence-electron chi connectivity index (χ4n) is 1.10. The maximum atomic E-state index is 10.4. The number of rotatable bonds is 6. The number of hydrogen-bond acceptors (Lipinski definition) is 8. The highest BCUT2D eigenvalue weighted by Gasteiger charge is 2.21. The van der Waals surface area contributed by atoms with Crippen LogP contribution in [0.3, 0.4) is 0 Å². The smallest absolute Gasteiger partial charge is 0.270 e. The molecule has 1 aromatic rings. The first-order valence-corrected chi connectivity index (χ1v) is 6.62. The van der Waals surface area contributed by atoms with Crippen LogP contribution in [0, 0.1) is 0 Å². The van der Waals surface area contributed by atoms with E-state index >= 15 is 0 Å². The highest BCUT2D eigenvalue weighted by atomic mass is 32.1. The maximum Gasteiger partial charge on any atom is 0.270 e. The van der Waals surface area contributed by atoms with Crippen LogP contribution in [-0.4, -0.2) is 64.7 Å². The summed E-state index contributed by atoms with van der Waals surface area (Å²) in [5.74, 6) is -1.83. The molecule has 2 rings (SSSR count). The van der Waals surface area contributed by atoms with Crippen LogP contribution in [0.1, 0.15) is 37.2 Å². The standard InChI is InChI=1S/C13H24N4O3S/c1-13(2,3)14-8-10(18)9-20-12-11(15-21-16-12)17-4-6-19-7-5-17/h10,14,18H,4-9H2,1-3H3/t10-/m0/s1/i4D2,5D2,6D2,7D2,8D2,9D2. The molecule has 0 saturated carbocycles. The number of hydrogen-bond donors (Lipinski definition) is 2. The number of nitrogens with zero attached hydrogens (tertiary/aromatic N) is 3. The summed E-state index contributed by atoms with van der Waals surface area (Å²) in [6.45, 7) is -14.8. The molecule has 1 atom stereocenters. The van der Waals surface area contributed by atoms with Crippen LogP contribution in [0.15, 0.2) is 0 Å². The summed E-state index contributed by atoms with van der Waals surface area (Å²) in [6.07, 6.45) is -2.48. The average molecular weight is 329 g/mol. The summed E-state index contributed by atoms with van der Waals surface area (Å²) in [6, 6.07) is 0. The highest BCUT2D eigenvalue weighted by Crippen LogP contribution is 2.26. The second kappa shape index (κ2) is 7.35. The van der Waals surface area contributed by atoms with E-state index in [-0.39, 0.29) is 16.6 Å². The number of aromatic nitrogens is 2. The topological polar surface area (TPSA) is 79.7 Å². The minimum absolute atomic E-state index is 0.0488. The number of nitrogens with one attached hydrogen (secondary N) is 1. The molecule has 2 heterocycles. The Bertz CT molecular complexity index is 849. The van der Waals surface area contributed by atoms with Gasteiger partial charge in [0.05, 0.1) is 38.6 Å². The Balaban J connectivity index is 2.50. The van der Waals surface area contributed by atoms with Gasteiger partial charge in [0.15, 0.2) is 0 Å². The third-order valence-electron chi connectivity index (χ3n) is 1.92. The maximum absolute atomic E-state index is 10.4. The molecular weight excluding hydrogens is 292 g/mol. The van der Waals surface area contributed by atoms with Crippen molar-refractivity contribution in [3.05, 3.63) is 0 Å². The number of β-amino-alcohol motifs (C(OH)–C–C–N with tert-alkyl or cyclic N) is 1. The van der Waals surface area contributed by atoms with Crippen LogP contribution in [0.2, 0.25) is 0 Å². The van der Waals surface area contributed by atoms with Crippen LogP contribution in [0.25, 0.3) is 0 Å². The molecule has 0 radical (unpaired) electrons. The molecule has 0 bridgehead atoms. The SMILES string of the molecule is [2H]C([2H])(NC(C)(C)C)[C@H](O)C([2H])([2H])Oc1nsnc1N1C([2H])([2H])C([2H])([2H])OC([2H])([2H])C1([2H])[2H]. The van der Waals surface area contributed by atoms with E-state index in [1.165, 1.54) is 0 Å². The van der Waals surface area contributed by atoms with Crippen molar-refractivity contribution in [3.8, 4) is 5.88 Å². The molecule has 1 aliphatic rings. The Morgan fingerprint density at radius 3 is 2.90 bits per heavy atom. The van der Waals surface area contributed by atoms with Gasteiger partial charge >= 0.3 is 0 Å². The minimum atomic E-state index is -3.39. The van der Waals surface area contributed by atoms with E-state index in [1.807, 2.05) is 0 Å². The summed E-state index contributed by atoms with van der Waals surface area (Å²) in [7, 11) is 0. The molecule has 0 aliphatic carbocycles. The Morgan fingerprint density at radius 2 is 2.24 bits per heavy atom. The molecule has 1 saturated heterocycles. The monoisotopic (exact) mass is 328 g/mol. The van der Waals surface area contributed by atoms with Crippen LogP contribution >= 0.6 is 11.7 Å². The molecule has 21 heavy (non-hydrogen) atoms. The van der Waals surface area contributed by atoms with Crippen molar-refractivity contribution in [3.63, 3.8) is 0 Å². The fraction of sp³-hybridized carbons (Fsp3) is 0.846. The quantitative estimate of drug-likeness (QED) is 0.787. The van der Waals surface area contributed by atoms with Crippen LogP contribution in [0.5, 0.6) is 5.88 Å². The molecule has 0 aromatic carbocycles. The number of anilines is 1. The van der Waals surface area contributed by atoms with E-state index in [1.54, 1.807) is 20.8 Å². The number of aliphatic hydroxyl groups is 1. The van der Waals surface area contributed by atoms with Gasteiger partial charge in [0.1, 0.15) is 12.7 Å². The first kappa shape index (κ1) is 6.66. The average Bonchev–Trinajstić information content (AvgIpc) is 2.96. The second-order valence-electron chi connectivity index (χ2n) is 4.90. The van der Waals surface area contributed by atoms with Gasteiger partial charge in [0, 0.05) is 27.8 Å². The van der Waals surface area contributed by atoms with Gasteiger partial charge in [0.2, 0.25) is 5.82 Å². The lowest BCUT2D eigenvalue weighted by atomic mass is 10.1. The van der Waals surface area contributed by atoms with Crippen molar-refractivity contribution in [2.45, 2.75) is 32.4 Å². The predicted molar refractivity (Wildman–Crippen MR) is 82.2 cm³/mol. The first-order valence-electron chi connectivity index (χ1n) is 11.9. The second-order valence-corrected chi connectivity index (χ2v) is 5.43. The van der Waals surface area contributed by atoms with Gasteiger partial charge < -0.3 is 24.8 Å². The Kier molecular flexibility index (Phi) is 2.33. The summed E-state index contributed by atoms with van der Waals surface area (Å²) >= 11 is 0.288. The zero-order chi connectivity index (χ0) is 26.1. The highest BCUT2D eigenvalue weighted by molar-refractivity contribution is 6.99. The van der Waals surface area contributed by atoms with Crippen molar-refractivity contribution in [2.24, 2.45) is 0 Å². The van der Waals surface area contributed by atoms with E-state index in [2.05, 4.69) is 18.8 Å². The zero-order valence-electron chi connectivity index (χ0n) is 23.6. The molecule has 1 fully saturated rings. The van der Waals surface area contributed by atoms with Gasteiger partial charge in [-0.3, -0.25) is 0 Å². The van der Waals surface area contributed by atoms with E-state index in [9.17, 15) is 5.11 Å². The lowest BCUT2D eigenvalue weighted by molar-refractivity contribution is 0.0975. The Hall–Kier alpha value is -0.960. The lowest BCUT2D eigenvalue weighted by Crippen LogP contribution is -2.42. The number of ether oxygens (including phenoxy) is 2. The van der Waals surface area contributed by atoms with Gasteiger partial charge in [0.25, 0.3) is 5.88 Å². The van der Waals surface area contributed by atoms with Crippen molar-refractivity contribution in [1.29, 1.82) is 0 Å². The number of aliphatic hydroxyl groups excluding tert-OH is 1.